The smallest absolute Gasteiger partial charge is 0.386 e. The highest BCUT2D eigenvalue weighted by atomic mass is 17.2. The van der Waals surface area contributed by atoms with Gasteiger partial charge in [0.15, 0.2) is 0 Å². The number of hydrogen-bond acceptors (Lipinski definition) is 6. The predicted octanol–water partition coefficient (Wildman–Crippen LogP) is 1.48. The number of aliphatic hydroxyl groups excluding tert-OH is 2. The Hall–Kier alpha value is -2.18. The fourth-order valence-corrected chi connectivity index (χ4v) is 0.785. The minimum absolute atomic E-state index is 0.0451. The summed E-state index contributed by atoms with van der Waals surface area (Å²) in [6.45, 7) is 6.83. The zero-order valence-electron chi connectivity index (χ0n) is 12.1. The van der Waals surface area contributed by atoms with Gasteiger partial charge < -0.3 is 10.2 Å². The summed E-state index contributed by atoms with van der Waals surface area (Å²) in [5.41, 5.74) is 0.00404. The van der Waals surface area contributed by atoms with Crippen molar-refractivity contribution in [2.24, 2.45) is 5.41 Å². The van der Waals surface area contributed by atoms with Crippen LogP contribution in [0.2, 0.25) is 0 Å². The molecule has 116 valence electrons. The summed E-state index contributed by atoms with van der Waals surface area (Å²) in [7, 11) is 0. The standard InChI is InChI=1S/C10H8O4.C5H12O2/c1-2-9(11)13-14-10(12)8-6-4-3-5-7-8;1-5(2,3-6)4-7/h2-7H,1H2;6-7H,3-4H2,1-2H3. The van der Waals surface area contributed by atoms with Gasteiger partial charge in [-0.3, -0.25) is 0 Å². The molecule has 0 heterocycles. The lowest BCUT2D eigenvalue weighted by Crippen LogP contribution is -2.20. The van der Waals surface area contributed by atoms with Crippen LogP contribution >= 0.6 is 0 Å². The molecule has 0 spiro atoms. The van der Waals surface area contributed by atoms with Crippen molar-refractivity contribution in [3.63, 3.8) is 0 Å². The third kappa shape index (κ3) is 8.56. The Labute approximate surface area is 123 Å². The van der Waals surface area contributed by atoms with E-state index in [9.17, 15) is 9.59 Å². The second-order valence-corrected chi connectivity index (χ2v) is 4.82. The molecule has 0 aromatic heterocycles. The Morgan fingerprint density at radius 3 is 2.05 bits per heavy atom. The van der Waals surface area contributed by atoms with Crippen LogP contribution in [0.25, 0.3) is 0 Å². The molecule has 2 N–H and O–H groups in total. The zero-order chi connectivity index (χ0) is 16.3. The van der Waals surface area contributed by atoms with Crippen molar-refractivity contribution in [1.82, 2.24) is 0 Å². The number of carbonyl (C=O) groups excluding carboxylic acids is 2. The number of rotatable bonds is 4. The summed E-state index contributed by atoms with van der Waals surface area (Å²) in [6, 6.07) is 8.19. The summed E-state index contributed by atoms with van der Waals surface area (Å²) in [4.78, 5) is 30.0. The molecule has 1 aromatic rings. The summed E-state index contributed by atoms with van der Waals surface area (Å²) in [5.74, 6) is -1.53. The Bertz CT molecular complexity index is 446. The molecule has 21 heavy (non-hydrogen) atoms. The molecule has 0 radical (unpaired) electrons. The van der Waals surface area contributed by atoms with Crippen LogP contribution in [0.1, 0.15) is 24.2 Å². The van der Waals surface area contributed by atoms with Gasteiger partial charge in [0.05, 0.1) is 18.8 Å². The summed E-state index contributed by atoms with van der Waals surface area (Å²) < 4.78 is 0. The van der Waals surface area contributed by atoms with Crippen LogP contribution in [0, 0.1) is 5.41 Å². The summed E-state index contributed by atoms with van der Waals surface area (Å²) in [6.07, 6.45) is 0.901. The Morgan fingerprint density at radius 2 is 1.67 bits per heavy atom. The van der Waals surface area contributed by atoms with Gasteiger partial charge in [0.25, 0.3) is 0 Å². The van der Waals surface area contributed by atoms with E-state index in [-0.39, 0.29) is 18.6 Å². The summed E-state index contributed by atoms with van der Waals surface area (Å²) >= 11 is 0. The van der Waals surface area contributed by atoms with Crippen LogP contribution in [-0.4, -0.2) is 35.4 Å². The molecule has 0 saturated carbocycles. The minimum atomic E-state index is -0.811. The van der Waals surface area contributed by atoms with Crippen LogP contribution in [0.3, 0.4) is 0 Å². The maximum absolute atomic E-state index is 11.1. The predicted molar refractivity (Wildman–Crippen MR) is 76.1 cm³/mol. The van der Waals surface area contributed by atoms with Gasteiger partial charge >= 0.3 is 11.9 Å². The quantitative estimate of drug-likeness (QED) is 0.497. The maximum Gasteiger partial charge on any atom is 0.386 e. The first kappa shape index (κ1) is 18.8. The molecule has 0 unspecified atom stereocenters. The molecule has 6 nitrogen and oxygen atoms in total. The zero-order valence-corrected chi connectivity index (χ0v) is 12.1. The topological polar surface area (TPSA) is 93.1 Å². The van der Waals surface area contributed by atoms with E-state index in [1.54, 1.807) is 44.2 Å². The number of aliphatic hydroxyl groups is 2. The van der Waals surface area contributed by atoms with E-state index in [2.05, 4.69) is 16.4 Å². The van der Waals surface area contributed by atoms with Gasteiger partial charge in [-0.25, -0.2) is 19.4 Å². The van der Waals surface area contributed by atoms with Crippen LogP contribution in [0.4, 0.5) is 0 Å². The second-order valence-electron chi connectivity index (χ2n) is 4.82. The lowest BCUT2D eigenvalue weighted by molar-refractivity contribution is -0.228. The van der Waals surface area contributed by atoms with Gasteiger partial charge in [-0.05, 0) is 12.1 Å². The van der Waals surface area contributed by atoms with E-state index in [0.29, 0.717) is 5.56 Å². The van der Waals surface area contributed by atoms with Crippen molar-refractivity contribution in [2.75, 3.05) is 13.2 Å². The van der Waals surface area contributed by atoms with E-state index in [1.807, 2.05) is 0 Å². The second kappa shape index (κ2) is 9.68. The largest absolute Gasteiger partial charge is 0.396 e. The van der Waals surface area contributed by atoms with Crippen molar-refractivity contribution in [3.8, 4) is 0 Å². The van der Waals surface area contributed by atoms with E-state index in [4.69, 9.17) is 10.2 Å². The van der Waals surface area contributed by atoms with E-state index in [0.717, 1.165) is 6.08 Å². The van der Waals surface area contributed by atoms with Gasteiger partial charge in [0.2, 0.25) is 0 Å². The average molecular weight is 296 g/mol. The molecular formula is C15H20O6. The van der Waals surface area contributed by atoms with E-state index in [1.165, 1.54) is 0 Å². The monoisotopic (exact) mass is 296 g/mol. The number of hydrogen-bond donors (Lipinski definition) is 2. The molecule has 1 aromatic carbocycles. The van der Waals surface area contributed by atoms with E-state index < -0.39 is 11.9 Å². The molecule has 0 fully saturated rings. The molecule has 0 bridgehead atoms. The van der Waals surface area contributed by atoms with Crippen molar-refractivity contribution < 1.29 is 29.6 Å². The molecule has 0 saturated heterocycles. The van der Waals surface area contributed by atoms with Crippen molar-refractivity contribution in [3.05, 3.63) is 48.6 Å². The molecular weight excluding hydrogens is 276 g/mol. The third-order valence-corrected chi connectivity index (χ3v) is 2.23. The van der Waals surface area contributed by atoms with Crippen molar-refractivity contribution in [1.29, 1.82) is 0 Å². The normalized spacial score (nSPS) is 9.90. The number of benzene rings is 1. The minimum Gasteiger partial charge on any atom is -0.396 e. The average Bonchev–Trinajstić information content (AvgIpc) is 2.53. The van der Waals surface area contributed by atoms with Crippen molar-refractivity contribution >= 4 is 11.9 Å². The van der Waals surface area contributed by atoms with Gasteiger partial charge in [0, 0.05) is 11.5 Å². The van der Waals surface area contributed by atoms with Crippen molar-refractivity contribution in [2.45, 2.75) is 13.8 Å². The van der Waals surface area contributed by atoms with Crippen LogP contribution in [-0.2, 0) is 14.6 Å². The fraction of sp³-hybridized carbons (Fsp3) is 0.333. The molecule has 1 rings (SSSR count). The van der Waals surface area contributed by atoms with Crippen LogP contribution < -0.4 is 0 Å². The van der Waals surface area contributed by atoms with Gasteiger partial charge in [0.1, 0.15) is 0 Å². The Kier molecular flexibility index (Phi) is 8.68. The molecule has 6 heteroatoms. The SMILES string of the molecule is C=CC(=O)OOC(=O)c1ccccc1.CC(C)(CO)CO. The Balaban J connectivity index is 0.000000486. The van der Waals surface area contributed by atoms with Gasteiger partial charge in [-0.15, -0.1) is 0 Å². The first-order chi connectivity index (χ1) is 9.86. The molecule has 0 amide bonds. The molecule has 0 aliphatic heterocycles. The first-order valence-corrected chi connectivity index (χ1v) is 6.18. The molecule has 0 aliphatic rings. The van der Waals surface area contributed by atoms with Gasteiger partial charge in [-0.1, -0.05) is 38.6 Å². The highest BCUT2D eigenvalue weighted by Gasteiger charge is 2.13. The lowest BCUT2D eigenvalue weighted by atomic mass is 9.97. The highest BCUT2D eigenvalue weighted by molar-refractivity contribution is 5.90. The number of carbonyl (C=O) groups is 2. The van der Waals surface area contributed by atoms with E-state index >= 15 is 0 Å². The van der Waals surface area contributed by atoms with Gasteiger partial charge in [-0.2, -0.15) is 0 Å². The fourth-order valence-electron chi connectivity index (χ4n) is 0.785. The first-order valence-electron chi connectivity index (χ1n) is 6.18. The van der Waals surface area contributed by atoms with Crippen LogP contribution in [0.5, 0.6) is 0 Å². The Morgan fingerprint density at radius 1 is 1.14 bits per heavy atom. The highest BCUT2D eigenvalue weighted by Crippen LogP contribution is 2.10. The van der Waals surface area contributed by atoms with Crippen LogP contribution in [0.15, 0.2) is 43.0 Å². The third-order valence-electron chi connectivity index (χ3n) is 2.23. The lowest BCUT2D eigenvalue weighted by Gasteiger charge is -2.16. The molecule has 0 aliphatic carbocycles. The maximum atomic E-state index is 11.1. The summed E-state index contributed by atoms with van der Waals surface area (Å²) in [5, 5.41) is 16.9. The molecule has 0 atom stereocenters.